The Morgan fingerprint density at radius 1 is 1.09 bits per heavy atom. The molecule has 2 N–H and O–H groups in total. The van der Waals surface area contributed by atoms with Gasteiger partial charge in [0.1, 0.15) is 0 Å². The zero-order valence-corrected chi connectivity index (χ0v) is 20.8. The summed E-state index contributed by atoms with van der Waals surface area (Å²) in [5.41, 5.74) is 3.58. The van der Waals surface area contributed by atoms with E-state index >= 15 is 0 Å². The normalized spacial score (nSPS) is 16.6. The number of carbonyl (C=O) groups is 2. The molecular weight excluding hydrogens is 442 g/mol. The molecule has 0 bridgehead atoms. The molecule has 2 heterocycles. The second-order valence-electron chi connectivity index (χ2n) is 10.2. The van der Waals surface area contributed by atoms with E-state index in [-0.39, 0.29) is 23.1 Å². The number of nitrogens with zero attached hydrogens (tertiary/aromatic N) is 3. The SMILES string of the molecule is CC(=O)Nc1cccc(NC(=O)C2CCCN(Cc3nc(-c4ccc(C(C)(C)C)cc4)no3)C2)c1. The number of carbonyl (C=O) groups excluding carboxylic acids is 2. The summed E-state index contributed by atoms with van der Waals surface area (Å²) in [7, 11) is 0. The first kappa shape index (κ1) is 24.6. The van der Waals surface area contributed by atoms with E-state index < -0.39 is 0 Å². The van der Waals surface area contributed by atoms with Crippen molar-refractivity contribution in [2.24, 2.45) is 5.92 Å². The van der Waals surface area contributed by atoms with Crippen molar-refractivity contribution in [3.05, 3.63) is 60.0 Å². The van der Waals surface area contributed by atoms with E-state index in [0.29, 0.717) is 36.2 Å². The number of rotatable bonds is 6. The molecule has 0 aliphatic carbocycles. The predicted octanol–water partition coefficient (Wildman–Crippen LogP) is 4.84. The fraction of sp³-hybridized carbons (Fsp3) is 0.407. The lowest BCUT2D eigenvalue weighted by atomic mass is 9.87. The molecule has 1 fully saturated rings. The molecule has 8 heteroatoms. The van der Waals surface area contributed by atoms with Crippen LogP contribution in [0.2, 0.25) is 0 Å². The highest BCUT2D eigenvalue weighted by Crippen LogP contribution is 2.26. The van der Waals surface area contributed by atoms with E-state index in [1.165, 1.54) is 12.5 Å². The molecule has 3 aromatic rings. The summed E-state index contributed by atoms with van der Waals surface area (Å²) in [6, 6.07) is 15.4. The van der Waals surface area contributed by atoms with Crippen molar-refractivity contribution in [3.8, 4) is 11.4 Å². The third kappa shape index (κ3) is 6.54. The lowest BCUT2D eigenvalue weighted by molar-refractivity contribution is -0.121. The highest BCUT2D eigenvalue weighted by Gasteiger charge is 2.27. The quantitative estimate of drug-likeness (QED) is 0.529. The molecule has 35 heavy (non-hydrogen) atoms. The van der Waals surface area contributed by atoms with Crippen LogP contribution in [-0.2, 0) is 21.5 Å². The summed E-state index contributed by atoms with van der Waals surface area (Å²) in [5.74, 6) is 0.803. The number of piperidine rings is 1. The van der Waals surface area contributed by atoms with Crippen LogP contribution in [0.25, 0.3) is 11.4 Å². The molecule has 1 aliphatic heterocycles. The highest BCUT2D eigenvalue weighted by molar-refractivity contribution is 5.94. The average molecular weight is 476 g/mol. The molecule has 4 rings (SSSR count). The lowest BCUT2D eigenvalue weighted by Crippen LogP contribution is -2.40. The van der Waals surface area contributed by atoms with Gasteiger partial charge < -0.3 is 15.2 Å². The average Bonchev–Trinajstić information content (AvgIpc) is 3.27. The molecular formula is C27H33N5O3. The van der Waals surface area contributed by atoms with Crippen molar-refractivity contribution in [1.82, 2.24) is 15.0 Å². The summed E-state index contributed by atoms with van der Waals surface area (Å²) >= 11 is 0. The Morgan fingerprint density at radius 2 is 1.80 bits per heavy atom. The van der Waals surface area contributed by atoms with Gasteiger partial charge in [-0.3, -0.25) is 14.5 Å². The molecule has 0 spiro atoms. The lowest BCUT2D eigenvalue weighted by Gasteiger charge is -2.30. The van der Waals surface area contributed by atoms with E-state index in [2.05, 4.69) is 58.6 Å². The first-order valence-corrected chi connectivity index (χ1v) is 12.0. The Kier molecular flexibility index (Phi) is 7.31. The smallest absolute Gasteiger partial charge is 0.241 e. The summed E-state index contributed by atoms with van der Waals surface area (Å²) in [6.07, 6.45) is 1.74. The summed E-state index contributed by atoms with van der Waals surface area (Å²) < 4.78 is 5.52. The largest absolute Gasteiger partial charge is 0.338 e. The number of hydrogen-bond donors (Lipinski definition) is 2. The van der Waals surface area contributed by atoms with E-state index in [4.69, 9.17) is 4.52 Å². The minimum absolute atomic E-state index is 0.0279. The van der Waals surface area contributed by atoms with Crippen molar-refractivity contribution < 1.29 is 14.1 Å². The van der Waals surface area contributed by atoms with Crippen LogP contribution in [0.1, 0.15) is 52.0 Å². The van der Waals surface area contributed by atoms with Gasteiger partial charge in [0.25, 0.3) is 0 Å². The van der Waals surface area contributed by atoms with Crippen molar-refractivity contribution in [1.29, 1.82) is 0 Å². The fourth-order valence-electron chi connectivity index (χ4n) is 4.28. The number of hydrogen-bond acceptors (Lipinski definition) is 6. The van der Waals surface area contributed by atoms with Crippen LogP contribution in [0, 0.1) is 5.92 Å². The van der Waals surface area contributed by atoms with Crippen LogP contribution in [0.3, 0.4) is 0 Å². The van der Waals surface area contributed by atoms with Crippen molar-refractivity contribution in [3.63, 3.8) is 0 Å². The second kappa shape index (κ2) is 10.4. The fourth-order valence-corrected chi connectivity index (χ4v) is 4.28. The molecule has 184 valence electrons. The second-order valence-corrected chi connectivity index (χ2v) is 10.2. The molecule has 1 aromatic heterocycles. The first-order chi connectivity index (χ1) is 16.7. The van der Waals surface area contributed by atoms with E-state index in [1.807, 2.05) is 18.2 Å². The van der Waals surface area contributed by atoms with Crippen LogP contribution in [-0.4, -0.2) is 39.9 Å². The Morgan fingerprint density at radius 3 is 2.49 bits per heavy atom. The maximum absolute atomic E-state index is 12.9. The van der Waals surface area contributed by atoms with Crippen LogP contribution in [0.4, 0.5) is 11.4 Å². The molecule has 0 saturated carbocycles. The minimum Gasteiger partial charge on any atom is -0.338 e. The van der Waals surface area contributed by atoms with Crippen molar-refractivity contribution in [2.45, 2.75) is 52.5 Å². The summed E-state index contributed by atoms with van der Waals surface area (Å²) in [6.45, 7) is 10.0. The third-order valence-corrected chi connectivity index (χ3v) is 6.16. The van der Waals surface area contributed by atoms with Gasteiger partial charge in [0.15, 0.2) is 0 Å². The van der Waals surface area contributed by atoms with Crippen molar-refractivity contribution in [2.75, 3.05) is 23.7 Å². The van der Waals surface area contributed by atoms with Gasteiger partial charge in [-0.05, 0) is 48.6 Å². The van der Waals surface area contributed by atoms with Crippen LogP contribution in [0.15, 0.2) is 53.1 Å². The zero-order valence-electron chi connectivity index (χ0n) is 20.8. The number of likely N-dealkylation sites (tertiary alicyclic amines) is 1. The summed E-state index contributed by atoms with van der Waals surface area (Å²) in [5, 5.41) is 9.88. The maximum atomic E-state index is 12.9. The third-order valence-electron chi connectivity index (χ3n) is 6.16. The monoisotopic (exact) mass is 475 g/mol. The van der Waals surface area contributed by atoms with Crippen LogP contribution in [0.5, 0.6) is 0 Å². The molecule has 2 aromatic carbocycles. The Hall–Kier alpha value is -3.52. The van der Waals surface area contributed by atoms with Gasteiger partial charge in [-0.15, -0.1) is 0 Å². The van der Waals surface area contributed by atoms with Gasteiger partial charge in [-0.25, -0.2) is 0 Å². The van der Waals surface area contributed by atoms with Gasteiger partial charge in [-0.1, -0.05) is 56.3 Å². The number of benzene rings is 2. The number of anilines is 2. The van der Waals surface area contributed by atoms with Gasteiger partial charge in [0.2, 0.25) is 23.5 Å². The number of amides is 2. The predicted molar refractivity (Wildman–Crippen MR) is 136 cm³/mol. The van der Waals surface area contributed by atoms with Crippen molar-refractivity contribution >= 4 is 23.2 Å². The molecule has 1 saturated heterocycles. The highest BCUT2D eigenvalue weighted by atomic mass is 16.5. The topological polar surface area (TPSA) is 100 Å². The molecule has 1 unspecified atom stereocenters. The number of nitrogens with one attached hydrogen (secondary N) is 2. The molecule has 0 radical (unpaired) electrons. The molecule has 1 atom stereocenters. The van der Waals surface area contributed by atoms with E-state index in [0.717, 1.165) is 24.9 Å². The van der Waals surface area contributed by atoms with E-state index in [9.17, 15) is 9.59 Å². The summed E-state index contributed by atoms with van der Waals surface area (Å²) in [4.78, 5) is 31.0. The number of aromatic nitrogens is 2. The molecule has 8 nitrogen and oxygen atoms in total. The first-order valence-electron chi connectivity index (χ1n) is 12.0. The Labute approximate surface area is 206 Å². The maximum Gasteiger partial charge on any atom is 0.241 e. The van der Waals surface area contributed by atoms with Gasteiger partial charge in [0, 0.05) is 30.4 Å². The van der Waals surface area contributed by atoms with Gasteiger partial charge >= 0.3 is 0 Å². The van der Waals surface area contributed by atoms with Gasteiger partial charge in [0.05, 0.1) is 12.5 Å². The van der Waals surface area contributed by atoms with E-state index in [1.54, 1.807) is 18.2 Å². The van der Waals surface area contributed by atoms with Gasteiger partial charge in [-0.2, -0.15) is 4.98 Å². The minimum atomic E-state index is -0.150. The standard InChI is InChI=1S/C27H33N5O3/c1-18(33)28-22-8-5-9-23(15-22)29-26(34)20-7-6-14-32(16-20)17-24-30-25(31-35-24)19-10-12-21(13-11-19)27(2,3)4/h5,8-13,15,20H,6-7,14,16-17H2,1-4H3,(H,28,33)(H,29,34). The Balaban J connectivity index is 1.35. The van der Waals surface area contributed by atoms with Crippen LogP contribution < -0.4 is 10.6 Å². The zero-order chi connectivity index (χ0) is 25.0. The molecule has 1 aliphatic rings. The Bertz CT molecular complexity index is 1180. The van der Waals surface area contributed by atoms with Crippen LogP contribution >= 0.6 is 0 Å². The molecule has 2 amide bonds.